The van der Waals surface area contributed by atoms with E-state index in [1.807, 2.05) is 23.8 Å². The summed E-state index contributed by atoms with van der Waals surface area (Å²) in [4.78, 5) is 8.21. The van der Waals surface area contributed by atoms with E-state index in [2.05, 4.69) is 20.6 Å². The lowest BCUT2D eigenvalue weighted by Gasteiger charge is -2.29. The predicted octanol–water partition coefficient (Wildman–Crippen LogP) is 3.30. The van der Waals surface area contributed by atoms with E-state index in [0.717, 1.165) is 48.1 Å². The van der Waals surface area contributed by atoms with Gasteiger partial charge in [-0.2, -0.15) is 0 Å². The molecule has 2 aromatic heterocycles. The van der Waals surface area contributed by atoms with Gasteiger partial charge in [-0.3, -0.25) is 0 Å². The molecular weight excluding hydrogens is 412 g/mol. The van der Waals surface area contributed by atoms with Crippen LogP contribution in [0.25, 0.3) is 22.4 Å². The molecule has 3 aromatic rings. The number of aryl methyl sites for hydroxylation is 1. The minimum Gasteiger partial charge on any atom is -0.396 e. The van der Waals surface area contributed by atoms with Gasteiger partial charge in [-0.25, -0.2) is 31.9 Å². The molecule has 160 valence electrons. The summed E-state index contributed by atoms with van der Waals surface area (Å²) in [6.07, 6.45) is 5.43. The van der Waals surface area contributed by atoms with Crippen LogP contribution in [-0.4, -0.2) is 42.3 Å². The van der Waals surface area contributed by atoms with Gasteiger partial charge in [0.05, 0.1) is 29.6 Å². The van der Waals surface area contributed by atoms with E-state index in [9.17, 15) is 17.2 Å². The summed E-state index contributed by atoms with van der Waals surface area (Å²) in [6, 6.07) is 4.88. The van der Waals surface area contributed by atoms with Crippen molar-refractivity contribution in [3.05, 3.63) is 36.2 Å². The van der Waals surface area contributed by atoms with Crippen LogP contribution in [-0.2, 0) is 10.0 Å². The Kier molecular flexibility index (Phi) is 5.46. The lowest BCUT2D eigenvalue weighted by atomic mass is 9.92. The summed E-state index contributed by atoms with van der Waals surface area (Å²) in [6.45, 7) is -0.281. The van der Waals surface area contributed by atoms with Crippen LogP contribution in [0.1, 0.15) is 30.9 Å². The number of hydrogen-bond donors (Lipinski definition) is 2. The number of aromatic nitrogens is 3. The number of fused-ring (bicyclic) bond motifs is 1. The number of halogens is 2. The van der Waals surface area contributed by atoms with Crippen LogP contribution in [0.4, 0.5) is 14.5 Å². The minimum absolute atomic E-state index is 0.265. The Hall–Kier alpha value is -2.59. The Morgan fingerprint density at radius 2 is 1.90 bits per heavy atom. The summed E-state index contributed by atoms with van der Waals surface area (Å²) in [7, 11) is -4.14. The van der Waals surface area contributed by atoms with Crippen LogP contribution in [0, 0.1) is 6.92 Å². The van der Waals surface area contributed by atoms with Crippen LogP contribution in [0.2, 0.25) is 0 Å². The first-order chi connectivity index (χ1) is 14.4. The molecule has 0 saturated heterocycles. The Morgan fingerprint density at radius 3 is 2.47 bits per heavy atom. The van der Waals surface area contributed by atoms with Crippen LogP contribution in [0.3, 0.4) is 0 Å². The lowest BCUT2D eigenvalue weighted by molar-refractivity contribution is 0.324. The van der Waals surface area contributed by atoms with Crippen molar-refractivity contribution < 1.29 is 17.2 Å². The molecule has 7 nitrogen and oxygen atoms in total. The van der Waals surface area contributed by atoms with Crippen LogP contribution in [0.5, 0.6) is 0 Å². The second-order valence-electron chi connectivity index (χ2n) is 7.61. The zero-order chi connectivity index (χ0) is 21.5. The highest BCUT2D eigenvalue weighted by atomic mass is 32.2. The molecule has 0 unspecified atom stereocenters. The molecule has 10 heteroatoms. The van der Waals surface area contributed by atoms with E-state index in [0.29, 0.717) is 17.2 Å². The molecule has 0 atom stereocenters. The third kappa shape index (κ3) is 3.54. The highest BCUT2D eigenvalue weighted by Crippen LogP contribution is 2.43. The second kappa shape index (κ2) is 7.92. The maximum atomic E-state index is 12.7. The van der Waals surface area contributed by atoms with E-state index in [1.165, 1.54) is 0 Å². The second-order valence-corrected chi connectivity index (χ2v) is 9.32. The van der Waals surface area contributed by atoms with Crippen molar-refractivity contribution >= 4 is 26.6 Å². The topological polar surface area (TPSA) is 103 Å². The number of nitrogen functional groups attached to an aromatic ring is 1. The Bertz CT molecular complexity index is 1170. The number of anilines is 1. The predicted molar refractivity (Wildman–Crippen MR) is 111 cm³/mol. The Labute approximate surface area is 173 Å². The van der Waals surface area contributed by atoms with Gasteiger partial charge in [-0.05, 0) is 37.8 Å². The fourth-order valence-corrected chi connectivity index (χ4v) is 4.75. The largest absolute Gasteiger partial charge is 0.396 e. The van der Waals surface area contributed by atoms with Gasteiger partial charge in [0, 0.05) is 11.4 Å². The summed E-state index contributed by atoms with van der Waals surface area (Å²) in [5.74, 6) is 0.305. The number of nitrogens with two attached hydrogens (primary N) is 1. The maximum absolute atomic E-state index is 12.7. The highest BCUT2D eigenvalue weighted by molar-refractivity contribution is 7.89. The van der Waals surface area contributed by atoms with Gasteiger partial charge in [0.1, 0.15) is 23.9 Å². The number of alkyl halides is 2. The molecule has 0 radical (unpaired) electrons. The average Bonchev–Trinajstić information content (AvgIpc) is 2.96. The lowest BCUT2D eigenvalue weighted by Crippen LogP contribution is -2.38. The molecular formula is C20H23F2N5O2S. The Balaban J connectivity index is 1.77. The molecule has 1 fully saturated rings. The standard InChI is InChI=1S/C20H23F2N5O2S/c1-12-5-6-16-17(7-12)27(14-3-2-4-14)19(18(16)23)20-24-10-15(11-25-20)30(28,29)26-13(8-21)9-22/h5-7,10-11,13-14,26H,2-4,8-9,23H2,1H3. The van der Waals surface area contributed by atoms with Gasteiger partial charge < -0.3 is 10.3 Å². The maximum Gasteiger partial charge on any atom is 0.244 e. The van der Waals surface area contributed by atoms with Crippen molar-refractivity contribution in [1.29, 1.82) is 0 Å². The summed E-state index contributed by atoms with van der Waals surface area (Å²) in [5.41, 5.74) is 9.76. The zero-order valence-corrected chi connectivity index (χ0v) is 17.3. The van der Waals surface area contributed by atoms with Crippen molar-refractivity contribution in [2.75, 3.05) is 19.1 Å². The van der Waals surface area contributed by atoms with Crippen molar-refractivity contribution in [3.8, 4) is 11.5 Å². The van der Waals surface area contributed by atoms with Crippen molar-refractivity contribution in [1.82, 2.24) is 19.3 Å². The molecule has 0 bridgehead atoms. The third-order valence-electron chi connectivity index (χ3n) is 5.48. The summed E-state index contributed by atoms with van der Waals surface area (Å²) >= 11 is 0. The first-order valence-electron chi connectivity index (χ1n) is 9.72. The fraction of sp³-hybridized carbons (Fsp3) is 0.400. The van der Waals surface area contributed by atoms with Crippen molar-refractivity contribution in [3.63, 3.8) is 0 Å². The summed E-state index contributed by atoms with van der Waals surface area (Å²) < 4.78 is 54.2. The van der Waals surface area contributed by atoms with Crippen LogP contribution >= 0.6 is 0 Å². The van der Waals surface area contributed by atoms with Crippen molar-refractivity contribution in [2.24, 2.45) is 0 Å². The molecule has 1 saturated carbocycles. The molecule has 30 heavy (non-hydrogen) atoms. The molecule has 0 spiro atoms. The molecule has 2 heterocycles. The first kappa shape index (κ1) is 20.7. The van der Waals surface area contributed by atoms with E-state index in [1.54, 1.807) is 0 Å². The van der Waals surface area contributed by atoms with E-state index < -0.39 is 29.4 Å². The number of benzene rings is 1. The monoisotopic (exact) mass is 435 g/mol. The minimum atomic E-state index is -4.14. The molecule has 1 aromatic carbocycles. The van der Waals surface area contributed by atoms with Crippen LogP contribution in [0.15, 0.2) is 35.5 Å². The quantitative estimate of drug-likeness (QED) is 0.593. The van der Waals surface area contributed by atoms with Gasteiger partial charge in [0.15, 0.2) is 5.82 Å². The summed E-state index contributed by atoms with van der Waals surface area (Å²) in [5, 5.41) is 0.901. The van der Waals surface area contributed by atoms with Gasteiger partial charge in [0.25, 0.3) is 0 Å². The third-order valence-corrected chi connectivity index (χ3v) is 6.96. The van der Waals surface area contributed by atoms with E-state index in [-0.39, 0.29) is 10.9 Å². The number of rotatable bonds is 7. The molecule has 1 aliphatic rings. The van der Waals surface area contributed by atoms with Gasteiger partial charge in [-0.1, -0.05) is 12.1 Å². The molecule has 0 aliphatic heterocycles. The molecule has 3 N–H and O–H groups in total. The number of nitrogens with one attached hydrogen (secondary N) is 1. The molecule has 4 rings (SSSR count). The van der Waals surface area contributed by atoms with Gasteiger partial charge >= 0.3 is 0 Å². The van der Waals surface area contributed by atoms with E-state index >= 15 is 0 Å². The SMILES string of the molecule is Cc1ccc2c(N)c(-c3ncc(S(=O)(=O)NC(CF)CF)cn3)n(C3CCC3)c2c1. The first-order valence-corrected chi connectivity index (χ1v) is 11.2. The smallest absolute Gasteiger partial charge is 0.244 e. The molecule has 1 aliphatic carbocycles. The molecule has 0 amide bonds. The zero-order valence-electron chi connectivity index (χ0n) is 16.5. The van der Waals surface area contributed by atoms with Crippen LogP contribution < -0.4 is 10.5 Å². The Morgan fingerprint density at radius 1 is 1.23 bits per heavy atom. The average molecular weight is 436 g/mol. The van der Waals surface area contributed by atoms with E-state index in [4.69, 9.17) is 5.73 Å². The van der Waals surface area contributed by atoms with Gasteiger partial charge in [-0.15, -0.1) is 0 Å². The van der Waals surface area contributed by atoms with Crippen molar-refractivity contribution in [2.45, 2.75) is 43.2 Å². The fourth-order valence-electron chi connectivity index (χ4n) is 3.67. The number of nitrogens with zero attached hydrogens (tertiary/aromatic N) is 3. The van der Waals surface area contributed by atoms with Gasteiger partial charge in [0.2, 0.25) is 10.0 Å². The highest BCUT2D eigenvalue weighted by Gasteiger charge is 2.28. The number of hydrogen-bond acceptors (Lipinski definition) is 5. The number of sulfonamides is 1. The normalized spacial score (nSPS) is 15.1.